The van der Waals surface area contributed by atoms with E-state index < -0.39 is 26.2 Å². The molecule has 0 amide bonds. The predicted molar refractivity (Wildman–Crippen MR) is 93.3 cm³/mol. The van der Waals surface area contributed by atoms with E-state index in [0.717, 1.165) is 25.9 Å². The second-order valence-corrected chi connectivity index (χ2v) is 5.05. The summed E-state index contributed by atoms with van der Waals surface area (Å²) in [5.41, 5.74) is 0.403. The summed E-state index contributed by atoms with van der Waals surface area (Å²) in [6, 6.07) is 5.43. The lowest BCUT2D eigenvalue weighted by Gasteiger charge is -2.25. The van der Waals surface area contributed by atoms with Crippen molar-refractivity contribution in [2.24, 2.45) is 0 Å². The van der Waals surface area contributed by atoms with Crippen LogP contribution in [-0.2, 0) is 0 Å². The van der Waals surface area contributed by atoms with Gasteiger partial charge in [-0.15, -0.1) is 12.4 Å². The molecule has 0 spiro atoms. The molecule has 0 bridgehead atoms. The molecule has 0 saturated carbocycles. The molecular weight excluding hydrogens is 298 g/mol. The number of likely N-dealkylation sites (tertiary alicyclic amines) is 1. The van der Waals surface area contributed by atoms with E-state index in [-0.39, 0.29) is 23.9 Å². The number of halogens is 1. The molecule has 4 heteroatoms. The maximum Gasteiger partial charge on any atom is 0.164 e. The van der Waals surface area contributed by atoms with Crippen LogP contribution in [0.4, 0.5) is 0 Å². The highest BCUT2D eigenvalue weighted by Crippen LogP contribution is 2.15. The molecule has 0 N–H and O–H groups in total. The number of hydrogen-bond donors (Lipinski definition) is 0. The summed E-state index contributed by atoms with van der Waals surface area (Å²) in [5, 5.41) is 0. The zero-order chi connectivity index (χ0) is 22.8. The molecule has 1 aromatic rings. The summed E-state index contributed by atoms with van der Waals surface area (Å²) in [4.78, 5) is 14.6. The van der Waals surface area contributed by atoms with E-state index in [1.807, 2.05) is 0 Å². The van der Waals surface area contributed by atoms with Gasteiger partial charge in [-0.3, -0.25) is 4.79 Å². The largest absolute Gasteiger partial charge is 0.494 e. The number of ketones is 1. The van der Waals surface area contributed by atoms with Crippen LogP contribution in [0.3, 0.4) is 0 Å². The van der Waals surface area contributed by atoms with Crippen molar-refractivity contribution in [3.63, 3.8) is 0 Å². The number of Topliss-reactive ketones (excluding diaryl/α,β-unsaturated/α-hetero) is 1. The van der Waals surface area contributed by atoms with Crippen LogP contribution in [0.1, 0.15) is 68.0 Å². The van der Waals surface area contributed by atoms with Gasteiger partial charge in [0.25, 0.3) is 0 Å². The zero-order valence-electron chi connectivity index (χ0n) is 21.4. The number of carbonyl (C=O) groups is 1. The zero-order valence-corrected chi connectivity index (χ0v) is 13.2. The fourth-order valence-corrected chi connectivity index (χ4v) is 2.41. The van der Waals surface area contributed by atoms with Crippen molar-refractivity contribution in [1.82, 2.24) is 4.90 Å². The summed E-state index contributed by atoms with van der Waals surface area (Å²) in [5.74, 6) is -0.220. The average Bonchev–Trinajstić information content (AvgIpc) is 2.66. The molecule has 1 fully saturated rings. The van der Waals surface area contributed by atoms with Gasteiger partial charge in [-0.2, -0.15) is 0 Å². The number of benzene rings is 1. The van der Waals surface area contributed by atoms with Gasteiger partial charge in [-0.05, 0) is 56.6 Å². The summed E-state index contributed by atoms with van der Waals surface area (Å²) in [6.07, 6.45) is -3.14. The van der Waals surface area contributed by atoms with E-state index in [4.69, 9.17) is 17.1 Å². The Bertz CT molecular complexity index is 733. The molecule has 2 rings (SSSR count). The summed E-state index contributed by atoms with van der Waals surface area (Å²) in [6.45, 7) is -4.02. The first-order valence-corrected chi connectivity index (χ1v) is 7.24. The van der Waals surface area contributed by atoms with Gasteiger partial charge in [0.15, 0.2) is 5.78 Å². The van der Waals surface area contributed by atoms with Gasteiger partial charge in [0.2, 0.25) is 0 Å². The highest BCUT2D eigenvalue weighted by molar-refractivity contribution is 5.96. The van der Waals surface area contributed by atoms with Gasteiger partial charge in [-0.1, -0.05) is 19.6 Å². The second kappa shape index (κ2) is 10.6. The lowest BCUT2D eigenvalue weighted by atomic mass is 10.1. The van der Waals surface area contributed by atoms with Crippen LogP contribution >= 0.6 is 12.4 Å². The monoisotopic (exact) mass is 334 g/mol. The molecule has 1 heterocycles. The van der Waals surface area contributed by atoms with E-state index in [0.29, 0.717) is 18.5 Å². The van der Waals surface area contributed by atoms with Crippen LogP contribution in [0.25, 0.3) is 0 Å². The van der Waals surface area contributed by atoms with Crippen molar-refractivity contribution in [3.05, 3.63) is 29.8 Å². The lowest BCUT2D eigenvalue weighted by molar-refractivity contribution is 0.0958. The maximum atomic E-state index is 12.4. The minimum absolute atomic E-state index is 0. The summed E-state index contributed by atoms with van der Waals surface area (Å²) in [7, 11) is 0. The third-order valence-corrected chi connectivity index (χ3v) is 3.56. The van der Waals surface area contributed by atoms with Gasteiger partial charge >= 0.3 is 0 Å². The first-order chi connectivity index (χ1) is 13.7. The molecular formula is C18H28ClNO2. The predicted octanol–water partition coefficient (Wildman–Crippen LogP) is 4.35. The number of rotatable bonds is 8. The Morgan fingerprint density at radius 1 is 1.27 bits per heavy atom. The molecule has 0 aromatic heterocycles. The molecule has 1 aliphatic rings. The SMILES string of the molecule is Cl.[2H]C([2H])([2H])C([2H])([2H])C([2H])([2H])C([2H])([2H])Oc1ccc(C(=O)CCN2CCCCC2)cc1. The van der Waals surface area contributed by atoms with Crippen molar-refractivity contribution in [2.45, 2.75) is 45.3 Å². The minimum Gasteiger partial charge on any atom is -0.494 e. The van der Waals surface area contributed by atoms with Crippen LogP contribution in [0, 0.1) is 0 Å². The van der Waals surface area contributed by atoms with Crippen LogP contribution in [0.15, 0.2) is 24.3 Å². The number of ether oxygens (including phenoxy) is 1. The molecule has 1 aromatic carbocycles. The highest BCUT2D eigenvalue weighted by Gasteiger charge is 2.12. The van der Waals surface area contributed by atoms with E-state index in [2.05, 4.69) is 4.90 Å². The highest BCUT2D eigenvalue weighted by atomic mass is 35.5. The second-order valence-electron chi connectivity index (χ2n) is 5.05. The molecule has 1 saturated heterocycles. The Balaban J connectivity index is 0.00000480. The molecule has 1 aliphatic heterocycles. The Kier molecular flexibility index (Phi) is 4.49. The third kappa shape index (κ3) is 6.37. The molecule has 0 radical (unpaired) electrons. The van der Waals surface area contributed by atoms with Gasteiger partial charge in [-0.25, -0.2) is 0 Å². The van der Waals surface area contributed by atoms with Crippen LogP contribution in [-0.4, -0.2) is 36.9 Å². The van der Waals surface area contributed by atoms with Crippen molar-refractivity contribution in [3.8, 4) is 5.75 Å². The van der Waals surface area contributed by atoms with Gasteiger partial charge < -0.3 is 9.64 Å². The van der Waals surface area contributed by atoms with Gasteiger partial charge in [0.1, 0.15) is 5.75 Å². The van der Waals surface area contributed by atoms with Crippen molar-refractivity contribution < 1.29 is 21.9 Å². The van der Waals surface area contributed by atoms with Crippen molar-refractivity contribution >= 4 is 18.2 Å². The smallest absolute Gasteiger partial charge is 0.164 e. The van der Waals surface area contributed by atoms with Gasteiger partial charge in [0, 0.05) is 28.1 Å². The summed E-state index contributed by atoms with van der Waals surface area (Å²) < 4.78 is 72.9. The Morgan fingerprint density at radius 3 is 2.68 bits per heavy atom. The maximum absolute atomic E-state index is 12.4. The molecule has 0 atom stereocenters. The quantitative estimate of drug-likeness (QED) is 0.662. The number of nitrogens with zero attached hydrogens (tertiary/aromatic N) is 1. The fourth-order valence-electron chi connectivity index (χ4n) is 2.41. The number of hydrogen-bond acceptors (Lipinski definition) is 3. The molecule has 124 valence electrons. The first-order valence-electron chi connectivity index (χ1n) is 11.7. The fraction of sp³-hybridized carbons (Fsp3) is 0.611. The standard InChI is InChI=1S/C18H27NO2.ClH/c1-2-3-15-21-17-9-7-16(8-10-17)18(20)11-14-19-12-5-4-6-13-19;/h7-10H,2-6,11-15H2,1H3;1H/i1D3,2D2,3D2,15D2;. The Hall–Kier alpha value is -1.06. The molecule has 0 aliphatic carbocycles. The van der Waals surface area contributed by atoms with Crippen LogP contribution in [0.2, 0.25) is 0 Å². The minimum atomic E-state index is -3.49. The van der Waals surface area contributed by atoms with E-state index >= 15 is 0 Å². The van der Waals surface area contributed by atoms with Crippen LogP contribution < -0.4 is 4.74 Å². The van der Waals surface area contributed by atoms with Crippen LogP contribution in [0.5, 0.6) is 5.75 Å². The molecule has 0 unspecified atom stereocenters. The van der Waals surface area contributed by atoms with E-state index in [9.17, 15) is 4.79 Å². The Labute approximate surface area is 153 Å². The first kappa shape index (κ1) is 9.29. The van der Waals surface area contributed by atoms with E-state index in [1.165, 1.54) is 30.7 Å². The van der Waals surface area contributed by atoms with Crippen molar-refractivity contribution in [1.29, 1.82) is 0 Å². The molecule has 22 heavy (non-hydrogen) atoms. The third-order valence-electron chi connectivity index (χ3n) is 3.56. The van der Waals surface area contributed by atoms with Crippen molar-refractivity contribution in [2.75, 3.05) is 26.2 Å². The lowest BCUT2D eigenvalue weighted by Crippen LogP contribution is -2.31. The number of carbonyl (C=O) groups excluding carboxylic acids is 1. The Morgan fingerprint density at radius 2 is 2.00 bits per heavy atom. The number of piperidine rings is 1. The molecule has 3 nitrogen and oxygen atoms in total. The van der Waals surface area contributed by atoms with Gasteiger partial charge in [0.05, 0.1) is 9.30 Å². The average molecular weight is 335 g/mol. The topological polar surface area (TPSA) is 29.5 Å². The summed E-state index contributed by atoms with van der Waals surface area (Å²) >= 11 is 0. The normalized spacial score (nSPS) is 23.7. The van der Waals surface area contributed by atoms with E-state index in [1.54, 1.807) is 0 Å².